The van der Waals surface area contributed by atoms with Gasteiger partial charge in [0.1, 0.15) is 0 Å². The molecule has 0 radical (unpaired) electrons. The Morgan fingerprint density at radius 2 is 1.66 bits per heavy atom. The van der Waals surface area contributed by atoms with Crippen molar-refractivity contribution in [3.63, 3.8) is 0 Å². The zero-order valence-corrected chi connectivity index (χ0v) is 23.1. The molecule has 2 fully saturated rings. The van der Waals surface area contributed by atoms with Crippen LogP contribution in [0.25, 0.3) is 0 Å². The average molecular weight is 617 g/mol. The molecule has 0 heterocycles. The lowest BCUT2D eigenvalue weighted by molar-refractivity contribution is -0.128. The lowest BCUT2D eigenvalue weighted by atomic mass is 9.74. The largest absolute Gasteiger partial charge is 0.387 e. The molecule has 0 saturated heterocycles. The minimum absolute atomic E-state index is 0.0550. The highest BCUT2D eigenvalue weighted by Gasteiger charge is 2.55. The topological polar surface area (TPSA) is 182 Å². The number of primary amides is 1. The number of carbonyl (C=O) groups is 3. The van der Waals surface area contributed by atoms with Crippen LogP contribution < -0.4 is 22.1 Å². The summed E-state index contributed by atoms with van der Waals surface area (Å²) in [5.74, 6) is -8.03. The van der Waals surface area contributed by atoms with Gasteiger partial charge >= 0.3 is 0 Å². The van der Waals surface area contributed by atoms with E-state index < -0.39 is 73.7 Å². The first kappa shape index (κ1) is 30.8. The molecule has 2 aromatic carbocycles. The number of halogens is 4. The zero-order valence-electron chi connectivity index (χ0n) is 21.5. The molecule has 2 aromatic rings. The van der Waals surface area contributed by atoms with Crippen molar-refractivity contribution in [1.29, 1.82) is 0 Å². The summed E-state index contributed by atoms with van der Waals surface area (Å²) in [5, 5.41) is 15.0. The van der Waals surface area contributed by atoms with E-state index in [1.54, 1.807) is 0 Å². The predicted octanol–water partition coefficient (Wildman–Crippen LogP) is 2.02. The molecule has 2 unspecified atom stereocenters. The van der Waals surface area contributed by atoms with Gasteiger partial charge in [-0.15, -0.1) is 0 Å². The molecule has 2 aliphatic rings. The van der Waals surface area contributed by atoms with E-state index in [-0.39, 0.29) is 47.0 Å². The monoisotopic (exact) mass is 616 g/mol. The van der Waals surface area contributed by atoms with E-state index in [1.165, 1.54) is 12.1 Å². The fourth-order valence-electron chi connectivity index (χ4n) is 5.69. The molecule has 15 heteroatoms. The number of aliphatic hydroxyl groups is 1. The fraction of sp³-hybridized carbons (Fsp3) is 0.423. The van der Waals surface area contributed by atoms with E-state index in [4.69, 9.17) is 23.1 Å². The molecule has 41 heavy (non-hydrogen) atoms. The number of carbonyl (C=O) groups excluding carboxylic acids is 3. The summed E-state index contributed by atoms with van der Waals surface area (Å²) in [7, 11) is -4.13. The second kappa shape index (κ2) is 11.6. The van der Waals surface area contributed by atoms with Crippen molar-refractivity contribution >= 4 is 44.8 Å². The summed E-state index contributed by atoms with van der Waals surface area (Å²) in [6, 6.07) is 3.45. The summed E-state index contributed by atoms with van der Waals surface area (Å²) in [6.45, 7) is -0.179. The van der Waals surface area contributed by atoms with Crippen LogP contribution in [0.2, 0.25) is 5.02 Å². The SMILES string of the molecule is NC(=O)C[C@H](N)C(=O)NCC1(O)[C@@H]2CC[C@H]1CC(S(=O)(=O)c1cc(C(=O)Nc3cc(F)c(F)c(F)c3)ccc1Cl)C2. The Hall–Kier alpha value is -3.20. The number of amides is 3. The van der Waals surface area contributed by atoms with E-state index in [0.717, 1.165) is 6.07 Å². The minimum Gasteiger partial charge on any atom is -0.387 e. The second-order valence-corrected chi connectivity index (χ2v) is 13.1. The Morgan fingerprint density at radius 1 is 1.07 bits per heavy atom. The number of anilines is 1. The third kappa shape index (κ3) is 6.20. The normalized spacial score (nSPS) is 24.5. The van der Waals surface area contributed by atoms with E-state index in [9.17, 15) is 41.1 Å². The molecular formula is C26H28ClF3N4O6S. The van der Waals surface area contributed by atoms with Gasteiger partial charge in [-0.25, -0.2) is 21.6 Å². The van der Waals surface area contributed by atoms with Crippen molar-refractivity contribution < 1.29 is 41.1 Å². The highest BCUT2D eigenvalue weighted by Crippen LogP contribution is 2.52. The van der Waals surface area contributed by atoms with Crippen LogP contribution in [0, 0.1) is 29.3 Å². The predicted molar refractivity (Wildman–Crippen MR) is 142 cm³/mol. The van der Waals surface area contributed by atoms with Crippen molar-refractivity contribution in [3.05, 3.63) is 58.4 Å². The van der Waals surface area contributed by atoms with Crippen LogP contribution >= 0.6 is 11.6 Å². The summed E-state index contributed by atoms with van der Waals surface area (Å²) >= 11 is 6.23. The Bertz CT molecular complexity index is 1470. The maximum atomic E-state index is 13.7. The number of hydrogen-bond donors (Lipinski definition) is 5. The van der Waals surface area contributed by atoms with E-state index >= 15 is 0 Å². The van der Waals surface area contributed by atoms with E-state index in [1.807, 2.05) is 0 Å². The molecule has 2 aliphatic carbocycles. The van der Waals surface area contributed by atoms with Gasteiger partial charge in [0.05, 0.1) is 33.2 Å². The zero-order chi connectivity index (χ0) is 30.3. The number of hydrogen-bond acceptors (Lipinski definition) is 7. The van der Waals surface area contributed by atoms with E-state index in [0.29, 0.717) is 25.0 Å². The van der Waals surface area contributed by atoms with Gasteiger partial charge in [-0.3, -0.25) is 14.4 Å². The summed E-state index contributed by atoms with van der Waals surface area (Å²) < 4.78 is 67.7. The number of nitrogens with two attached hydrogens (primary N) is 2. The first-order chi connectivity index (χ1) is 19.1. The number of fused-ring (bicyclic) bond motifs is 2. The van der Waals surface area contributed by atoms with Crippen molar-refractivity contribution in [2.75, 3.05) is 11.9 Å². The Balaban J connectivity index is 1.50. The summed E-state index contributed by atoms with van der Waals surface area (Å²) in [5.41, 5.74) is 8.77. The highest BCUT2D eigenvalue weighted by atomic mass is 35.5. The second-order valence-electron chi connectivity index (χ2n) is 10.4. The van der Waals surface area contributed by atoms with Crippen molar-refractivity contribution in [3.8, 4) is 0 Å². The highest BCUT2D eigenvalue weighted by molar-refractivity contribution is 7.92. The van der Waals surface area contributed by atoms with Gasteiger partial charge in [0, 0.05) is 29.9 Å². The van der Waals surface area contributed by atoms with Crippen LogP contribution in [-0.2, 0) is 19.4 Å². The first-order valence-electron chi connectivity index (χ1n) is 12.7. The average Bonchev–Trinajstić information content (AvgIpc) is 3.05. The molecule has 7 N–H and O–H groups in total. The van der Waals surface area contributed by atoms with Crippen molar-refractivity contribution in [2.24, 2.45) is 23.3 Å². The number of sulfone groups is 1. The molecule has 4 rings (SSSR count). The lowest BCUT2D eigenvalue weighted by Crippen LogP contribution is -2.56. The molecule has 0 aliphatic heterocycles. The van der Waals surface area contributed by atoms with Gasteiger partial charge in [0.15, 0.2) is 27.3 Å². The van der Waals surface area contributed by atoms with E-state index in [2.05, 4.69) is 10.6 Å². The molecule has 10 nitrogen and oxygen atoms in total. The standard InChI is InChI=1S/C26H28ClF3N4O6S/c27-17-4-1-12(24(36)34-15-8-18(28)23(30)19(29)9-15)5-21(17)41(39,40)16-6-13-2-3-14(7-16)26(13,38)11-33-25(37)20(31)10-22(32)35/h1,4-5,8-9,13-14,16,20,38H,2-3,6-7,10-11,31H2,(H2,32,35)(H,33,37)(H,34,36)/t13-,14+,16?,20-,26?/m0/s1. The van der Waals surface area contributed by atoms with Gasteiger partial charge < -0.3 is 27.2 Å². The quantitative estimate of drug-likeness (QED) is 0.267. The molecular weight excluding hydrogens is 589 g/mol. The molecule has 2 bridgehead atoms. The summed E-state index contributed by atoms with van der Waals surface area (Å²) in [6.07, 6.45) is 0.764. The van der Waals surface area contributed by atoms with Gasteiger partial charge in [-0.2, -0.15) is 0 Å². The number of benzene rings is 2. The van der Waals surface area contributed by atoms with Crippen molar-refractivity contribution in [2.45, 2.75) is 53.9 Å². The third-order valence-corrected chi connectivity index (χ3v) is 10.5. The molecule has 2 saturated carbocycles. The molecule has 222 valence electrons. The fourth-order valence-corrected chi connectivity index (χ4v) is 8.10. The molecule has 0 aromatic heterocycles. The Kier molecular flexibility index (Phi) is 8.69. The third-order valence-electron chi connectivity index (χ3n) is 7.86. The van der Waals surface area contributed by atoms with Crippen LogP contribution in [0.4, 0.5) is 18.9 Å². The molecule has 3 amide bonds. The van der Waals surface area contributed by atoms with Gasteiger partial charge in [0.2, 0.25) is 11.8 Å². The maximum Gasteiger partial charge on any atom is 0.255 e. The maximum absolute atomic E-state index is 13.7. The van der Waals surface area contributed by atoms with Crippen LogP contribution in [0.15, 0.2) is 35.2 Å². The molecule has 0 spiro atoms. The van der Waals surface area contributed by atoms with Crippen LogP contribution in [0.1, 0.15) is 42.5 Å². The Labute approximate surface area is 238 Å². The summed E-state index contributed by atoms with van der Waals surface area (Å²) in [4.78, 5) is 35.7. The van der Waals surface area contributed by atoms with Crippen molar-refractivity contribution in [1.82, 2.24) is 5.32 Å². The van der Waals surface area contributed by atoms with Crippen LogP contribution in [0.5, 0.6) is 0 Å². The molecule has 5 atom stereocenters. The first-order valence-corrected chi connectivity index (χ1v) is 14.6. The van der Waals surface area contributed by atoms with Gasteiger partial charge in [0.25, 0.3) is 5.91 Å². The smallest absolute Gasteiger partial charge is 0.255 e. The van der Waals surface area contributed by atoms with Crippen LogP contribution in [-0.4, -0.2) is 54.7 Å². The minimum atomic E-state index is -4.13. The number of rotatable bonds is 9. The number of nitrogens with one attached hydrogen (secondary N) is 2. The van der Waals surface area contributed by atoms with Crippen LogP contribution in [0.3, 0.4) is 0 Å². The lowest BCUT2D eigenvalue weighted by Gasteiger charge is -2.42. The van der Waals surface area contributed by atoms with Gasteiger partial charge in [-0.05, 0) is 55.7 Å². The Morgan fingerprint density at radius 3 is 2.22 bits per heavy atom. The van der Waals surface area contributed by atoms with Gasteiger partial charge in [-0.1, -0.05) is 11.6 Å².